The van der Waals surface area contributed by atoms with Crippen molar-refractivity contribution < 1.29 is 8.83 Å². The third-order valence-corrected chi connectivity index (χ3v) is 7.45. The van der Waals surface area contributed by atoms with Crippen molar-refractivity contribution in [3.05, 3.63) is 140 Å². The Kier molecular flexibility index (Phi) is 4.82. The van der Waals surface area contributed by atoms with Crippen LogP contribution in [-0.4, -0.2) is 0 Å². The highest BCUT2D eigenvalue weighted by Crippen LogP contribution is 2.48. The van der Waals surface area contributed by atoms with E-state index in [1.165, 1.54) is 0 Å². The van der Waals surface area contributed by atoms with Crippen LogP contribution >= 0.6 is 0 Å². The van der Waals surface area contributed by atoms with Gasteiger partial charge < -0.3 is 13.7 Å². The Morgan fingerprint density at radius 2 is 0.974 bits per heavy atom. The average Bonchev–Trinajstić information content (AvgIpc) is 3.57. The first-order valence-corrected chi connectivity index (χ1v) is 13.1. The predicted octanol–water partition coefficient (Wildman–Crippen LogP) is 10.6. The van der Waals surface area contributed by atoms with Crippen molar-refractivity contribution in [2.45, 2.75) is 0 Å². The minimum absolute atomic E-state index is 0.851. The van der Waals surface area contributed by atoms with E-state index in [-0.39, 0.29) is 0 Å². The molecule has 0 spiro atoms. The fourth-order valence-corrected chi connectivity index (χ4v) is 5.79. The van der Waals surface area contributed by atoms with Crippen LogP contribution in [0.5, 0.6) is 0 Å². The smallest absolute Gasteiger partial charge is 0.145 e. The summed E-state index contributed by atoms with van der Waals surface area (Å²) in [6.45, 7) is 0. The van der Waals surface area contributed by atoms with Gasteiger partial charge in [0, 0.05) is 38.5 Å². The molecule has 0 unspecified atom stereocenters. The Morgan fingerprint density at radius 1 is 0.410 bits per heavy atom. The van der Waals surface area contributed by atoms with Crippen molar-refractivity contribution in [2.75, 3.05) is 4.90 Å². The number of para-hydroxylation sites is 3. The molecule has 3 heteroatoms. The number of hydrogen-bond acceptors (Lipinski definition) is 3. The van der Waals surface area contributed by atoms with Crippen LogP contribution in [0.15, 0.2) is 148 Å². The van der Waals surface area contributed by atoms with Gasteiger partial charge in [0.15, 0.2) is 0 Å². The Morgan fingerprint density at radius 3 is 1.67 bits per heavy atom. The summed E-state index contributed by atoms with van der Waals surface area (Å²) in [6, 6.07) is 48.2. The zero-order valence-corrected chi connectivity index (χ0v) is 21.0. The van der Waals surface area contributed by atoms with Gasteiger partial charge in [-0.1, -0.05) is 84.9 Å². The minimum Gasteiger partial charge on any atom is -0.456 e. The molecule has 0 atom stereocenters. The molecule has 2 aromatic heterocycles. The van der Waals surface area contributed by atoms with Gasteiger partial charge in [0.05, 0.1) is 5.69 Å². The molecule has 0 saturated heterocycles. The number of anilines is 3. The van der Waals surface area contributed by atoms with Crippen molar-refractivity contribution >= 4 is 60.9 Å². The highest BCUT2D eigenvalue weighted by Gasteiger charge is 2.24. The number of furan rings is 2. The Labute approximate surface area is 225 Å². The molecule has 8 aromatic rings. The van der Waals surface area contributed by atoms with Crippen LogP contribution in [0.3, 0.4) is 0 Å². The third kappa shape index (κ3) is 3.37. The van der Waals surface area contributed by atoms with Gasteiger partial charge in [-0.25, -0.2) is 0 Å². The molecule has 0 aliphatic heterocycles. The average molecular weight is 502 g/mol. The summed E-state index contributed by atoms with van der Waals surface area (Å²) in [4.78, 5) is 2.30. The molecule has 184 valence electrons. The third-order valence-electron chi connectivity index (χ3n) is 7.45. The van der Waals surface area contributed by atoms with Crippen LogP contribution in [0.4, 0.5) is 17.1 Å². The van der Waals surface area contributed by atoms with E-state index < -0.39 is 0 Å². The fourth-order valence-electron chi connectivity index (χ4n) is 5.79. The highest BCUT2D eigenvalue weighted by molar-refractivity contribution is 6.27. The second-order valence-electron chi connectivity index (χ2n) is 9.72. The summed E-state index contributed by atoms with van der Waals surface area (Å²) >= 11 is 0. The van der Waals surface area contributed by atoms with E-state index in [2.05, 4.69) is 108 Å². The molecule has 3 nitrogen and oxygen atoms in total. The normalized spacial score (nSPS) is 11.6. The van der Waals surface area contributed by atoms with Gasteiger partial charge in [-0.3, -0.25) is 0 Å². The van der Waals surface area contributed by atoms with E-state index in [1.807, 2.05) is 36.4 Å². The van der Waals surface area contributed by atoms with Gasteiger partial charge in [0.2, 0.25) is 0 Å². The summed E-state index contributed by atoms with van der Waals surface area (Å²) in [5.41, 5.74) is 8.84. The van der Waals surface area contributed by atoms with E-state index in [1.54, 1.807) is 0 Å². The zero-order valence-electron chi connectivity index (χ0n) is 21.0. The van der Waals surface area contributed by atoms with Gasteiger partial charge in [-0.2, -0.15) is 0 Å². The topological polar surface area (TPSA) is 29.5 Å². The second kappa shape index (κ2) is 8.64. The Bertz CT molecular complexity index is 2070. The first-order chi connectivity index (χ1) is 19.4. The van der Waals surface area contributed by atoms with Crippen LogP contribution in [0.2, 0.25) is 0 Å². The van der Waals surface area contributed by atoms with Crippen LogP contribution < -0.4 is 4.90 Å². The SMILES string of the molecule is c1ccc(-c2c(N(c3ccccc3)c3ccccc3)ccc3c2oc2ccc4oc5ccccc5c4c23)cc1. The molecule has 0 amide bonds. The van der Waals surface area contributed by atoms with Gasteiger partial charge >= 0.3 is 0 Å². The first kappa shape index (κ1) is 21.8. The van der Waals surface area contributed by atoms with E-state index in [0.717, 1.165) is 72.1 Å². The van der Waals surface area contributed by atoms with Gasteiger partial charge in [-0.05, 0) is 60.2 Å². The monoisotopic (exact) mass is 501 g/mol. The molecule has 0 fully saturated rings. The van der Waals surface area contributed by atoms with Crippen molar-refractivity contribution in [2.24, 2.45) is 0 Å². The van der Waals surface area contributed by atoms with Gasteiger partial charge in [-0.15, -0.1) is 0 Å². The molecule has 8 rings (SSSR count). The van der Waals surface area contributed by atoms with Crippen molar-refractivity contribution in [3.63, 3.8) is 0 Å². The maximum absolute atomic E-state index is 6.76. The van der Waals surface area contributed by atoms with Gasteiger partial charge in [0.25, 0.3) is 0 Å². The molecule has 0 radical (unpaired) electrons. The zero-order chi connectivity index (χ0) is 25.8. The van der Waals surface area contributed by atoms with Gasteiger partial charge in [0.1, 0.15) is 22.3 Å². The van der Waals surface area contributed by atoms with Crippen molar-refractivity contribution in [1.82, 2.24) is 0 Å². The summed E-state index contributed by atoms with van der Waals surface area (Å²) in [5, 5.41) is 4.35. The quantitative estimate of drug-likeness (QED) is 0.240. The fraction of sp³-hybridized carbons (Fsp3) is 0. The Hall–Kier alpha value is -5.28. The van der Waals surface area contributed by atoms with Crippen molar-refractivity contribution in [3.8, 4) is 11.1 Å². The van der Waals surface area contributed by atoms with E-state index in [4.69, 9.17) is 8.83 Å². The number of hydrogen-bond donors (Lipinski definition) is 0. The first-order valence-electron chi connectivity index (χ1n) is 13.1. The molecule has 2 heterocycles. The van der Waals surface area contributed by atoms with E-state index in [0.29, 0.717) is 0 Å². The number of rotatable bonds is 4. The standard InChI is InChI=1S/C36H23NO2/c1-4-12-24(13-5-1)33-29(37(25-14-6-2-7-15-25)26-16-8-3-9-17-26)21-20-28-35-32(39-36(28)33)23-22-31-34(35)27-18-10-11-19-30(27)38-31/h1-23H. The van der Waals surface area contributed by atoms with Crippen LogP contribution in [0.1, 0.15) is 0 Å². The lowest BCUT2D eigenvalue weighted by Crippen LogP contribution is -2.11. The van der Waals surface area contributed by atoms with Crippen LogP contribution in [0, 0.1) is 0 Å². The molecular formula is C36H23NO2. The van der Waals surface area contributed by atoms with Crippen LogP contribution in [-0.2, 0) is 0 Å². The molecule has 0 saturated carbocycles. The van der Waals surface area contributed by atoms with E-state index >= 15 is 0 Å². The number of fused-ring (bicyclic) bond motifs is 7. The Balaban J connectivity index is 1.51. The number of nitrogens with zero attached hydrogens (tertiary/aromatic N) is 1. The summed E-state index contributed by atoms with van der Waals surface area (Å²) < 4.78 is 13.0. The summed E-state index contributed by atoms with van der Waals surface area (Å²) in [5.74, 6) is 0. The molecule has 0 aliphatic carbocycles. The molecular weight excluding hydrogens is 478 g/mol. The lowest BCUT2D eigenvalue weighted by Gasteiger charge is -2.27. The molecule has 0 aliphatic rings. The molecule has 6 aromatic carbocycles. The lowest BCUT2D eigenvalue weighted by molar-refractivity contribution is 0.663. The summed E-state index contributed by atoms with van der Waals surface area (Å²) in [6.07, 6.45) is 0. The molecule has 0 bridgehead atoms. The maximum Gasteiger partial charge on any atom is 0.145 e. The highest BCUT2D eigenvalue weighted by atomic mass is 16.3. The van der Waals surface area contributed by atoms with Crippen molar-refractivity contribution in [1.29, 1.82) is 0 Å². The van der Waals surface area contributed by atoms with Crippen LogP contribution in [0.25, 0.3) is 55.0 Å². The second-order valence-corrected chi connectivity index (χ2v) is 9.72. The predicted molar refractivity (Wildman–Crippen MR) is 161 cm³/mol. The number of benzene rings is 6. The summed E-state index contributed by atoms with van der Waals surface area (Å²) in [7, 11) is 0. The maximum atomic E-state index is 6.76. The van der Waals surface area contributed by atoms with E-state index in [9.17, 15) is 0 Å². The minimum atomic E-state index is 0.851. The lowest BCUT2D eigenvalue weighted by atomic mass is 9.97. The molecule has 0 N–H and O–H groups in total. The largest absolute Gasteiger partial charge is 0.456 e. The molecule has 39 heavy (non-hydrogen) atoms.